The van der Waals surface area contributed by atoms with E-state index in [-0.39, 0.29) is 5.41 Å². The monoisotopic (exact) mass is 263 g/mol. The molecule has 0 amide bonds. The SMILES string of the molecule is Cn1c(C(C)(C)C)c(-c2ccccc2)c2ccccc21. The zero-order valence-electron chi connectivity index (χ0n) is 12.6. The number of hydrogen-bond donors (Lipinski definition) is 0. The van der Waals surface area contributed by atoms with Crippen LogP contribution in [0.15, 0.2) is 54.6 Å². The summed E-state index contributed by atoms with van der Waals surface area (Å²) in [7, 11) is 2.18. The maximum absolute atomic E-state index is 2.34. The average Bonchev–Trinajstić information content (AvgIpc) is 2.74. The molecule has 0 radical (unpaired) electrons. The van der Waals surface area contributed by atoms with Gasteiger partial charge >= 0.3 is 0 Å². The van der Waals surface area contributed by atoms with Crippen LogP contribution >= 0.6 is 0 Å². The minimum atomic E-state index is 0.110. The molecule has 102 valence electrons. The van der Waals surface area contributed by atoms with E-state index in [2.05, 4.69) is 87.0 Å². The number of hydrogen-bond acceptors (Lipinski definition) is 0. The summed E-state index contributed by atoms with van der Waals surface area (Å²) < 4.78 is 2.34. The number of rotatable bonds is 1. The standard InChI is InChI=1S/C19H21N/c1-19(2,3)18-17(14-10-6-5-7-11-14)15-12-8-9-13-16(15)20(18)4/h5-13H,1-4H3. The summed E-state index contributed by atoms with van der Waals surface area (Å²) >= 11 is 0. The van der Waals surface area contributed by atoms with E-state index >= 15 is 0 Å². The van der Waals surface area contributed by atoms with Crippen molar-refractivity contribution in [3.8, 4) is 11.1 Å². The van der Waals surface area contributed by atoms with Crippen molar-refractivity contribution in [2.45, 2.75) is 26.2 Å². The number of benzene rings is 2. The largest absolute Gasteiger partial charge is 0.347 e. The Kier molecular flexibility index (Phi) is 2.93. The lowest BCUT2D eigenvalue weighted by Crippen LogP contribution is -2.17. The summed E-state index contributed by atoms with van der Waals surface area (Å²) in [6.45, 7) is 6.86. The highest BCUT2D eigenvalue weighted by atomic mass is 15.0. The fourth-order valence-corrected chi connectivity index (χ4v) is 3.17. The Bertz CT molecular complexity index is 743. The predicted octanol–water partition coefficient (Wildman–Crippen LogP) is 5.14. The van der Waals surface area contributed by atoms with Gasteiger partial charge in [-0.1, -0.05) is 69.3 Å². The van der Waals surface area contributed by atoms with Crippen LogP contribution in [0.3, 0.4) is 0 Å². The average molecular weight is 263 g/mol. The lowest BCUT2D eigenvalue weighted by atomic mass is 9.86. The summed E-state index contributed by atoms with van der Waals surface area (Å²) in [6, 6.07) is 19.4. The molecule has 3 aromatic rings. The minimum Gasteiger partial charge on any atom is -0.347 e. The molecule has 0 fully saturated rings. The molecule has 1 aromatic heterocycles. The first-order valence-electron chi connectivity index (χ1n) is 7.13. The molecule has 0 aliphatic heterocycles. The van der Waals surface area contributed by atoms with E-state index in [1.807, 2.05) is 0 Å². The van der Waals surface area contributed by atoms with Gasteiger partial charge in [0.2, 0.25) is 0 Å². The molecule has 0 unspecified atom stereocenters. The van der Waals surface area contributed by atoms with E-state index in [1.54, 1.807) is 0 Å². The van der Waals surface area contributed by atoms with Crippen LogP contribution in [0.25, 0.3) is 22.0 Å². The Labute approximate surface area is 120 Å². The van der Waals surface area contributed by atoms with Crippen molar-refractivity contribution < 1.29 is 0 Å². The highest BCUT2D eigenvalue weighted by Gasteiger charge is 2.25. The molecule has 0 spiro atoms. The molecule has 3 rings (SSSR count). The van der Waals surface area contributed by atoms with E-state index in [0.717, 1.165) is 0 Å². The second-order valence-electron chi connectivity index (χ2n) is 6.42. The first-order valence-corrected chi connectivity index (χ1v) is 7.13. The lowest BCUT2D eigenvalue weighted by molar-refractivity contribution is 0.549. The van der Waals surface area contributed by atoms with Crippen molar-refractivity contribution in [2.75, 3.05) is 0 Å². The first-order chi connectivity index (χ1) is 9.50. The summed E-state index contributed by atoms with van der Waals surface area (Å²) in [6.07, 6.45) is 0. The van der Waals surface area contributed by atoms with Gasteiger partial charge in [-0.2, -0.15) is 0 Å². The molecule has 1 nitrogen and oxygen atoms in total. The van der Waals surface area contributed by atoms with Crippen LogP contribution in [0.4, 0.5) is 0 Å². The normalized spacial score (nSPS) is 12.0. The molecular formula is C19H21N. The van der Waals surface area contributed by atoms with Gasteiger partial charge in [-0.05, 0) is 11.6 Å². The van der Waals surface area contributed by atoms with Crippen molar-refractivity contribution in [3.63, 3.8) is 0 Å². The topological polar surface area (TPSA) is 4.93 Å². The molecule has 20 heavy (non-hydrogen) atoms. The Balaban J connectivity index is 2.46. The van der Waals surface area contributed by atoms with E-state index in [9.17, 15) is 0 Å². The number of nitrogens with zero attached hydrogens (tertiary/aromatic N) is 1. The Hall–Kier alpha value is -2.02. The van der Waals surface area contributed by atoms with Gasteiger partial charge in [-0.3, -0.25) is 0 Å². The highest BCUT2D eigenvalue weighted by Crippen LogP contribution is 2.40. The second kappa shape index (κ2) is 4.52. The van der Waals surface area contributed by atoms with Crippen molar-refractivity contribution in [1.82, 2.24) is 4.57 Å². The summed E-state index contributed by atoms with van der Waals surface area (Å²) in [4.78, 5) is 0. The van der Waals surface area contributed by atoms with Gasteiger partial charge < -0.3 is 4.57 Å². The molecule has 1 heterocycles. The van der Waals surface area contributed by atoms with E-state index in [0.29, 0.717) is 0 Å². The van der Waals surface area contributed by atoms with Crippen molar-refractivity contribution >= 4 is 10.9 Å². The summed E-state index contributed by atoms with van der Waals surface area (Å²) in [5, 5.41) is 1.34. The number of aryl methyl sites for hydroxylation is 1. The molecular weight excluding hydrogens is 242 g/mol. The van der Waals surface area contributed by atoms with Crippen LogP contribution in [-0.2, 0) is 12.5 Å². The Morgan fingerprint density at radius 1 is 0.800 bits per heavy atom. The van der Waals surface area contributed by atoms with Crippen LogP contribution in [0, 0.1) is 0 Å². The first kappa shape index (κ1) is 13.0. The molecule has 0 bridgehead atoms. The van der Waals surface area contributed by atoms with Gasteiger partial charge in [0.25, 0.3) is 0 Å². The lowest BCUT2D eigenvalue weighted by Gasteiger charge is -2.22. The Morgan fingerprint density at radius 3 is 2.05 bits per heavy atom. The summed E-state index contributed by atoms with van der Waals surface area (Å²) in [5.74, 6) is 0. The van der Waals surface area contributed by atoms with Gasteiger partial charge in [-0.25, -0.2) is 0 Å². The van der Waals surface area contributed by atoms with Crippen molar-refractivity contribution in [2.24, 2.45) is 7.05 Å². The van der Waals surface area contributed by atoms with Crippen LogP contribution in [-0.4, -0.2) is 4.57 Å². The second-order valence-corrected chi connectivity index (χ2v) is 6.42. The van der Waals surface area contributed by atoms with E-state index in [1.165, 1.54) is 27.7 Å². The number of aromatic nitrogens is 1. The fraction of sp³-hybridized carbons (Fsp3) is 0.263. The molecule has 0 N–H and O–H groups in total. The van der Waals surface area contributed by atoms with Gasteiger partial charge in [0, 0.05) is 34.6 Å². The Morgan fingerprint density at radius 2 is 1.40 bits per heavy atom. The number of para-hydroxylation sites is 1. The van der Waals surface area contributed by atoms with Crippen molar-refractivity contribution in [3.05, 3.63) is 60.3 Å². The van der Waals surface area contributed by atoms with Gasteiger partial charge in [0.1, 0.15) is 0 Å². The van der Waals surface area contributed by atoms with Gasteiger partial charge in [0.05, 0.1) is 0 Å². The molecule has 2 aromatic carbocycles. The molecule has 1 heteroatoms. The van der Waals surface area contributed by atoms with E-state index < -0.39 is 0 Å². The smallest absolute Gasteiger partial charge is 0.0486 e. The molecule has 0 saturated carbocycles. The number of fused-ring (bicyclic) bond motifs is 1. The zero-order chi connectivity index (χ0) is 14.3. The van der Waals surface area contributed by atoms with Crippen LogP contribution in [0.5, 0.6) is 0 Å². The molecule has 0 atom stereocenters. The van der Waals surface area contributed by atoms with E-state index in [4.69, 9.17) is 0 Å². The minimum absolute atomic E-state index is 0.110. The molecule has 0 aliphatic carbocycles. The van der Waals surface area contributed by atoms with Crippen LogP contribution in [0.2, 0.25) is 0 Å². The summed E-state index contributed by atoms with van der Waals surface area (Å²) in [5.41, 5.74) is 5.48. The van der Waals surface area contributed by atoms with Crippen LogP contribution in [0.1, 0.15) is 26.5 Å². The molecule has 0 saturated heterocycles. The predicted molar refractivity (Wildman–Crippen MR) is 87.1 cm³/mol. The third-order valence-corrected chi connectivity index (χ3v) is 3.88. The third-order valence-electron chi connectivity index (χ3n) is 3.88. The van der Waals surface area contributed by atoms with Crippen molar-refractivity contribution in [1.29, 1.82) is 0 Å². The maximum atomic E-state index is 2.34. The van der Waals surface area contributed by atoms with Crippen LogP contribution < -0.4 is 0 Å². The quantitative estimate of drug-likeness (QED) is 0.572. The van der Waals surface area contributed by atoms with Gasteiger partial charge in [0.15, 0.2) is 0 Å². The fourth-order valence-electron chi connectivity index (χ4n) is 3.17. The highest BCUT2D eigenvalue weighted by molar-refractivity contribution is 5.98. The maximum Gasteiger partial charge on any atom is 0.0486 e. The van der Waals surface area contributed by atoms with Gasteiger partial charge in [-0.15, -0.1) is 0 Å². The zero-order valence-corrected chi connectivity index (χ0v) is 12.6. The molecule has 0 aliphatic rings. The third kappa shape index (κ3) is 1.94.